The molecule has 1 heterocycles. The molecule has 0 saturated carbocycles. The Morgan fingerprint density at radius 3 is 2.67 bits per heavy atom. The number of hydrogen-bond acceptors (Lipinski definition) is 3. The van der Waals surface area contributed by atoms with Crippen molar-refractivity contribution in [3.8, 4) is 0 Å². The third-order valence-corrected chi connectivity index (χ3v) is 5.14. The zero-order chi connectivity index (χ0) is 17.9. The fourth-order valence-corrected chi connectivity index (χ4v) is 3.19. The van der Waals surface area contributed by atoms with E-state index in [2.05, 4.69) is 32.7 Å². The number of nitrogens with one attached hydrogen (secondary N) is 1. The van der Waals surface area contributed by atoms with Crippen molar-refractivity contribution < 1.29 is 9.59 Å². The van der Waals surface area contributed by atoms with Crippen LogP contribution in [0, 0.1) is 5.41 Å². The fourth-order valence-electron chi connectivity index (χ4n) is 2.16. The molecule has 2 amide bonds. The largest absolute Gasteiger partial charge is 0.350 e. The van der Waals surface area contributed by atoms with Gasteiger partial charge in [-0.2, -0.15) is 0 Å². The first-order chi connectivity index (χ1) is 11.2. The van der Waals surface area contributed by atoms with Gasteiger partial charge in [0.05, 0.1) is 10.6 Å². The summed E-state index contributed by atoms with van der Waals surface area (Å²) >= 11 is 1.33. The highest BCUT2D eigenvalue weighted by molar-refractivity contribution is 8.04. The molecule has 4 nitrogen and oxygen atoms in total. The van der Waals surface area contributed by atoms with Crippen LogP contribution in [0.25, 0.3) is 0 Å². The van der Waals surface area contributed by atoms with Gasteiger partial charge < -0.3 is 10.2 Å². The number of hydrogen-bond donors (Lipinski definition) is 1. The second-order valence-electron chi connectivity index (χ2n) is 6.88. The normalized spacial score (nSPS) is 17.4. The van der Waals surface area contributed by atoms with Gasteiger partial charge in [-0.1, -0.05) is 50.7 Å². The lowest BCUT2D eigenvalue weighted by Gasteiger charge is -2.30. The van der Waals surface area contributed by atoms with Crippen molar-refractivity contribution in [2.45, 2.75) is 38.6 Å². The molecule has 1 aliphatic heterocycles. The molecule has 1 aromatic rings. The SMILES string of the molecule is C=CCN1C(=O)/C(=C\C(=O)N[C@H](C)C(C)(C)C)Sc2ccccc21. The van der Waals surface area contributed by atoms with Crippen LogP contribution in [0.2, 0.25) is 0 Å². The quantitative estimate of drug-likeness (QED) is 0.668. The molecule has 0 saturated heterocycles. The predicted octanol–water partition coefficient (Wildman–Crippen LogP) is 3.75. The van der Waals surface area contributed by atoms with E-state index in [1.54, 1.807) is 11.0 Å². The van der Waals surface area contributed by atoms with Crippen molar-refractivity contribution >= 4 is 29.3 Å². The van der Waals surface area contributed by atoms with Gasteiger partial charge in [-0.05, 0) is 24.5 Å². The monoisotopic (exact) mass is 344 g/mol. The van der Waals surface area contributed by atoms with Crippen LogP contribution < -0.4 is 10.2 Å². The van der Waals surface area contributed by atoms with E-state index >= 15 is 0 Å². The lowest BCUT2D eigenvalue weighted by Crippen LogP contribution is -2.41. The molecule has 24 heavy (non-hydrogen) atoms. The third-order valence-electron chi connectivity index (χ3n) is 4.06. The summed E-state index contributed by atoms with van der Waals surface area (Å²) in [5.74, 6) is -0.414. The minimum Gasteiger partial charge on any atom is -0.350 e. The Morgan fingerprint density at radius 1 is 1.38 bits per heavy atom. The molecule has 5 heteroatoms. The average Bonchev–Trinajstić information content (AvgIpc) is 2.50. The van der Waals surface area contributed by atoms with Crippen LogP contribution in [0.3, 0.4) is 0 Å². The molecule has 0 bridgehead atoms. The van der Waals surface area contributed by atoms with Gasteiger partial charge in [-0.25, -0.2) is 0 Å². The summed E-state index contributed by atoms with van der Waals surface area (Å²) in [6.45, 7) is 12.3. The first-order valence-electron chi connectivity index (χ1n) is 7.96. The average molecular weight is 344 g/mol. The molecule has 0 aliphatic carbocycles. The number of nitrogens with zero attached hydrogens (tertiary/aromatic N) is 1. The molecule has 128 valence electrons. The molecule has 0 spiro atoms. The van der Waals surface area contributed by atoms with Gasteiger partial charge in [0.25, 0.3) is 5.91 Å². The summed E-state index contributed by atoms with van der Waals surface area (Å²) in [5, 5.41) is 2.94. The van der Waals surface area contributed by atoms with Crippen molar-refractivity contribution in [2.24, 2.45) is 5.41 Å². The van der Waals surface area contributed by atoms with E-state index in [0.29, 0.717) is 11.4 Å². The van der Waals surface area contributed by atoms with Crippen molar-refractivity contribution in [3.05, 3.63) is 47.9 Å². The van der Waals surface area contributed by atoms with E-state index < -0.39 is 0 Å². The highest BCUT2D eigenvalue weighted by Crippen LogP contribution is 2.41. The maximum atomic E-state index is 12.7. The molecular formula is C19H24N2O2S. The topological polar surface area (TPSA) is 49.4 Å². The van der Waals surface area contributed by atoms with E-state index in [4.69, 9.17) is 0 Å². The van der Waals surface area contributed by atoms with Crippen molar-refractivity contribution in [1.29, 1.82) is 0 Å². The highest BCUT2D eigenvalue weighted by Gasteiger charge is 2.29. The Morgan fingerprint density at radius 2 is 2.04 bits per heavy atom. The van der Waals surface area contributed by atoms with Crippen molar-refractivity contribution in [1.82, 2.24) is 5.32 Å². The van der Waals surface area contributed by atoms with E-state index in [1.807, 2.05) is 31.2 Å². The Balaban J connectivity index is 2.26. The molecule has 0 aromatic heterocycles. The molecule has 1 aliphatic rings. The maximum Gasteiger partial charge on any atom is 0.265 e. The summed E-state index contributed by atoms with van der Waals surface area (Å²) < 4.78 is 0. The van der Waals surface area contributed by atoms with Gasteiger partial charge in [0.2, 0.25) is 5.91 Å². The summed E-state index contributed by atoms with van der Waals surface area (Å²) in [7, 11) is 0. The van der Waals surface area contributed by atoms with Crippen LogP contribution in [0.1, 0.15) is 27.7 Å². The van der Waals surface area contributed by atoms with Crippen LogP contribution in [-0.4, -0.2) is 24.4 Å². The van der Waals surface area contributed by atoms with Crippen LogP contribution in [0.4, 0.5) is 5.69 Å². The van der Waals surface area contributed by atoms with Crippen molar-refractivity contribution in [3.63, 3.8) is 0 Å². The number of carbonyl (C=O) groups excluding carboxylic acids is 2. The number of benzene rings is 1. The second kappa shape index (κ2) is 7.26. The number of anilines is 1. The zero-order valence-corrected chi connectivity index (χ0v) is 15.4. The van der Waals surface area contributed by atoms with Gasteiger partial charge in [-0.3, -0.25) is 9.59 Å². The first-order valence-corrected chi connectivity index (χ1v) is 8.77. The Bertz CT molecular complexity index is 689. The molecule has 0 unspecified atom stereocenters. The van der Waals surface area contributed by atoms with E-state index in [1.165, 1.54) is 17.8 Å². The summed E-state index contributed by atoms with van der Waals surface area (Å²) in [5.41, 5.74) is 0.812. The highest BCUT2D eigenvalue weighted by atomic mass is 32.2. The van der Waals surface area contributed by atoms with Gasteiger partial charge in [-0.15, -0.1) is 6.58 Å². The van der Waals surface area contributed by atoms with Gasteiger partial charge in [0.15, 0.2) is 0 Å². The molecule has 1 N–H and O–H groups in total. The fraction of sp³-hybridized carbons (Fsp3) is 0.368. The summed E-state index contributed by atoms with van der Waals surface area (Å²) in [4.78, 5) is 28.0. The Kier molecular flexibility index (Phi) is 5.54. The minimum absolute atomic E-state index is 0.00195. The molecule has 2 rings (SSSR count). The maximum absolute atomic E-state index is 12.7. The van der Waals surface area contributed by atoms with Crippen molar-refractivity contribution in [2.75, 3.05) is 11.4 Å². The van der Waals surface area contributed by atoms with E-state index in [-0.39, 0.29) is 23.3 Å². The second-order valence-corrected chi connectivity index (χ2v) is 7.96. The van der Waals surface area contributed by atoms with Crippen LogP contribution in [-0.2, 0) is 9.59 Å². The van der Waals surface area contributed by atoms with Gasteiger partial charge in [0.1, 0.15) is 0 Å². The Hall–Kier alpha value is -2.01. The standard InChI is InChI=1S/C19H24N2O2S/c1-6-11-21-14-9-7-8-10-15(14)24-16(18(21)23)12-17(22)20-13(2)19(3,4)5/h6-10,12-13H,1,11H2,2-5H3,(H,20,22)/b16-12+/t13-/m1/s1. The lowest BCUT2D eigenvalue weighted by atomic mass is 9.88. The molecule has 0 radical (unpaired) electrons. The Labute approximate surface area is 148 Å². The predicted molar refractivity (Wildman–Crippen MR) is 100.0 cm³/mol. The van der Waals surface area contributed by atoms with E-state index in [0.717, 1.165) is 10.6 Å². The van der Waals surface area contributed by atoms with Gasteiger partial charge >= 0.3 is 0 Å². The molecule has 1 aromatic carbocycles. The lowest BCUT2D eigenvalue weighted by molar-refractivity contribution is -0.118. The van der Waals surface area contributed by atoms with Crippen LogP contribution in [0.15, 0.2) is 52.8 Å². The number of para-hydroxylation sites is 1. The number of rotatable bonds is 4. The third kappa shape index (κ3) is 4.09. The summed E-state index contributed by atoms with van der Waals surface area (Å²) in [6, 6.07) is 7.68. The number of carbonyl (C=O) groups is 2. The van der Waals surface area contributed by atoms with Gasteiger partial charge in [0, 0.05) is 23.6 Å². The van der Waals surface area contributed by atoms with Crippen LogP contribution >= 0.6 is 11.8 Å². The van der Waals surface area contributed by atoms with E-state index in [9.17, 15) is 9.59 Å². The minimum atomic E-state index is -0.244. The summed E-state index contributed by atoms with van der Waals surface area (Å²) in [6.07, 6.45) is 3.09. The van der Waals surface area contributed by atoms with Crippen LogP contribution in [0.5, 0.6) is 0 Å². The number of fused-ring (bicyclic) bond motifs is 1. The smallest absolute Gasteiger partial charge is 0.265 e. The molecule has 0 fully saturated rings. The number of amides is 2. The first kappa shape index (κ1) is 18.3. The zero-order valence-electron chi connectivity index (χ0n) is 14.6. The molecular weight excluding hydrogens is 320 g/mol. The number of thioether (sulfide) groups is 1. The molecule has 1 atom stereocenters.